The predicted molar refractivity (Wildman–Crippen MR) is 93.0 cm³/mol. The molecule has 24 heavy (non-hydrogen) atoms. The van der Waals surface area contributed by atoms with Gasteiger partial charge < -0.3 is 5.32 Å². The number of nitrogens with zero attached hydrogens (tertiary/aromatic N) is 2. The largest absolute Gasteiger partial charge is 0.326 e. The summed E-state index contributed by atoms with van der Waals surface area (Å²) in [4.78, 5) is 26.4. The Labute approximate surface area is 141 Å². The van der Waals surface area contributed by atoms with Gasteiger partial charge in [0.25, 0.3) is 5.69 Å². The van der Waals surface area contributed by atoms with Crippen LogP contribution in [0, 0.1) is 10.1 Å². The Morgan fingerprint density at radius 2 is 1.83 bits per heavy atom. The molecule has 6 nitrogen and oxygen atoms in total. The molecule has 1 amide bonds. The van der Waals surface area contributed by atoms with Crippen LogP contribution in [-0.4, -0.2) is 15.8 Å². The quantitative estimate of drug-likeness (QED) is 0.564. The van der Waals surface area contributed by atoms with Crippen molar-refractivity contribution in [1.82, 2.24) is 4.98 Å². The van der Waals surface area contributed by atoms with Gasteiger partial charge in [0.1, 0.15) is 5.01 Å². The SMILES string of the molecule is O=C(Cc1ccc([N+](=O)[O-])cc1)Nc1ccc(-c2nccs2)cc1. The molecule has 1 aromatic heterocycles. The Kier molecular flexibility index (Phi) is 4.62. The summed E-state index contributed by atoms with van der Waals surface area (Å²) in [5, 5.41) is 16.3. The van der Waals surface area contributed by atoms with Crippen LogP contribution < -0.4 is 5.32 Å². The zero-order valence-electron chi connectivity index (χ0n) is 12.5. The Morgan fingerprint density at radius 1 is 1.12 bits per heavy atom. The van der Waals surface area contributed by atoms with Crippen LogP contribution in [-0.2, 0) is 11.2 Å². The van der Waals surface area contributed by atoms with E-state index in [1.807, 2.05) is 29.6 Å². The third-order valence-corrected chi connectivity index (χ3v) is 4.18. The van der Waals surface area contributed by atoms with Crippen molar-refractivity contribution >= 4 is 28.6 Å². The van der Waals surface area contributed by atoms with Gasteiger partial charge in [-0.1, -0.05) is 12.1 Å². The van der Waals surface area contributed by atoms with E-state index in [2.05, 4.69) is 10.3 Å². The number of carbonyl (C=O) groups is 1. The Morgan fingerprint density at radius 3 is 2.42 bits per heavy atom. The maximum atomic E-state index is 12.1. The number of thiazole rings is 1. The summed E-state index contributed by atoms with van der Waals surface area (Å²) in [6, 6.07) is 13.4. The molecule has 0 radical (unpaired) electrons. The first-order valence-corrected chi connectivity index (χ1v) is 8.03. The van der Waals surface area contributed by atoms with Crippen molar-refractivity contribution in [3.05, 3.63) is 75.8 Å². The maximum absolute atomic E-state index is 12.1. The van der Waals surface area contributed by atoms with Crippen molar-refractivity contribution < 1.29 is 9.72 Å². The monoisotopic (exact) mass is 339 g/mol. The first-order chi connectivity index (χ1) is 11.6. The summed E-state index contributed by atoms with van der Waals surface area (Å²) in [5.74, 6) is -0.175. The van der Waals surface area contributed by atoms with Gasteiger partial charge in [0.2, 0.25) is 5.91 Å². The van der Waals surface area contributed by atoms with Gasteiger partial charge in [-0.2, -0.15) is 0 Å². The fourth-order valence-electron chi connectivity index (χ4n) is 2.19. The highest BCUT2D eigenvalue weighted by Gasteiger charge is 2.08. The van der Waals surface area contributed by atoms with E-state index >= 15 is 0 Å². The van der Waals surface area contributed by atoms with Crippen molar-refractivity contribution in [1.29, 1.82) is 0 Å². The lowest BCUT2D eigenvalue weighted by molar-refractivity contribution is -0.384. The van der Waals surface area contributed by atoms with Crippen LogP contribution in [0.2, 0.25) is 0 Å². The highest BCUT2D eigenvalue weighted by Crippen LogP contribution is 2.23. The zero-order valence-corrected chi connectivity index (χ0v) is 13.3. The standard InChI is InChI=1S/C17H13N3O3S/c21-16(11-12-1-7-15(8-2-12)20(22)23)19-14-5-3-13(4-6-14)17-18-9-10-24-17/h1-10H,11H2,(H,19,21). The van der Waals surface area contributed by atoms with Gasteiger partial charge in [-0.3, -0.25) is 14.9 Å². The van der Waals surface area contributed by atoms with E-state index < -0.39 is 4.92 Å². The van der Waals surface area contributed by atoms with E-state index in [4.69, 9.17) is 0 Å². The van der Waals surface area contributed by atoms with Crippen molar-refractivity contribution in [2.24, 2.45) is 0 Å². The van der Waals surface area contributed by atoms with E-state index in [1.165, 1.54) is 12.1 Å². The Balaban J connectivity index is 1.61. The molecule has 2 aromatic carbocycles. The number of hydrogen-bond acceptors (Lipinski definition) is 5. The lowest BCUT2D eigenvalue weighted by Gasteiger charge is -2.06. The van der Waals surface area contributed by atoms with Gasteiger partial charge in [0, 0.05) is 35.0 Å². The second-order valence-electron chi connectivity index (χ2n) is 5.06. The van der Waals surface area contributed by atoms with Crippen LogP contribution in [0.25, 0.3) is 10.6 Å². The molecule has 0 unspecified atom stereocenters. The van der Waals surface area contributed by atoms with E-state index in [1.54, 1.807) is 29.7 Å². The first kappa shape index (κ1) is 15.8. The van der Waals surface area contributed by atoms with Crippen LogP contribution in [0.1, 0.15) is 5.56 Å². The molecule has 0 saturated heterocycles. The molecular weight excluding hydrogens is 326 g/mol. The maximum Gasteiger partial charge on any atom is 0.269 e. The van der Waals surface area contributed by atoms with E-state index in [9.17, 15) is 14.9 Å². The third kappa shape index (κ3) is 3.82. The number of anilines is 1. The lowest BCUT2D eigenvalue weighted by atomic mass is 10.1. The van der Waals surface area contributed by atoms with Crippen LogP contribution in [0.5, 0.6) is 0 Å². The van der Waals surface area contributed by atoms with Gasteiger partial charge >= 0.3 is 0 Å². The van der Waals surface area contributed by atoms with Crippen LogP contribution in [0.4, 0.5) is 11.4 Å². The number of hydrogen-bond donors (Lipinski definition) is 1. The molecule has 7 heteroatoms. The van der Waals surface area contributed by atoms with Crippen molar-refractivity contribution in [2.45, 2.75) is 6.42 Å². The van der Waals surface area contributed by atoms with E-state index in [0.29, 0.717) is 5.69 Å². The number of nitrogens with one attached hydrogen (secondary N) is 1. The summed E-state index contributed by atoms with van der Waals surface area (Å²) in [6.07, 6.45) is 1.91. The van der Waals surface area contributed by atoms with Crippen molar-refractivity contribution in [2.75, 3.05) is 5.32 Å². The molecule has 1 heterocycles. The average molecular weight is 339 g/mol. The molecular formula is C17H13N3O3S. The fraction of sp³-hybridized carbons (Fsp3) is 0.0588. The summed E-state index contributed by atoms with van der Waals surface area (Å²) in [7, 11) is 0. The third-order valence-electron chi connectivity index (χ3n) is 3.36. The summed E-state index contributed by atoms with van der Waals surface area (Å²) in [5.41, 5.74) is 2.43. The minimum absolute atomic E-state index is 0.0110. The van der Waals surface area contributed by atoms with Crippen LogP contribution in [0.3, 0.4) is 0 Å². The van der Waals surface area contributed by atoms with Crippen molar-refractivity contribution in [3.8, 4) is 10.6 Å². The van der Waals surface area contributed by atoms with Gasteiger partial charge in [-0.15, -0.1) is 11.3 Å². The lowest BCUT2D eigenvalue weighted by Crippen LogP contribution is -2.14. The Hall–Kier alpha value is -3.06. The number of benzene rings is 2. The molecule has 3 rings (SSSR count). The molecule has 0 atom stereocenters. The second kappa shape index (κ2) is 7.01. The fourth-order valence-corrected chi connectivity index (χ4v) is 2.83. The van der Waals surface area contributed by atoms with E-state index in [-0.39, 0.29) is 18.0 Å². The zero-order chi connectivity index (χ0) is 16.9. The summed E-state index contributed by atoms with van der Waals surface area (Å²) >= 11 is 1.55. The van der Waals surface area contributed by atoms with Gasteiger partial charge in [-0.25, -0.2) is 4.98 Å². The summed E-state index contributed by atoms with van der Waals surface area (Å²) in [6.45, 7) is 0. The smallest absolute Gasteiger partial charge is 0.269 e. The van der Waals surface area contributed by atoms with Crippen LogP contribution >= 0.6 is 11.3 Å². The number of amides is 1. The molecule has 3 aromatic rings. The number of non-ortho nitro benzene ring substituents is 1. The minimum atomic E-state index is -0.464. The molecule has 0 aliphatic rings. The molecule has 0 bridgehead atoms. The minimum Gasteiger partial charge on any atom is -0.326 e. The predicted octanol–water partition coefficient (Wildman–Crippen LogP) is 3.90. The second-order valence-corrected chi connectivity index (χ2v) is 5.96. The van der Waals surface area contributed by atoms with Gasteiger partial charge in [-0.05, 0) is 29.8 Å². The number of aromatic nitrogens is 1. The molecule has 0 aliphatic carbocycles. The number of rotatable bonds is 5. The highest BCUT2D eigenvalue weighted by molar-refractivity contribution is 7.13. The number of nitro groups is 1. The molecule has 0 spiro atoms. The van der Waals surface area contributed by atoms with Crippen LogP contribution in [0.15, 0.2) is 60.1 Å². The molecule has 0 saturated carbocycles. The number of carbonyl (C=O) groups excluding carboxylic acids is 1. The van der Waals surface area contributed by atoms with Gasteiger partial charge in [0.05, 0.1) is 11.3 Å². The number of nitro benzene ring substituents is 1. The topological polar surface area (TPSA) is 85.1 Å². The van der Waals surface area contributed by atoms with E-state index in [0.717, 1.165) is 16.1 Å². The molecule has 1 N–H and O–H groups in total. The highest BCUT2D eigenvalue weighted by atomic mass is 32.1. The molecule has 0 aliphatic heterocycles. The molecule has 120 valence electrons. The normalized spacial score (nSPS) is 10.3. The van der Waals surface area contributed by atoms with Gasteiger partial charge in [0.15, 0.2) is 0 Å². The average Bonchev–Trinajstić information content (AvgIpc) is 3.10. The Bertz CT molecular complexity index is 844. The van der Waals surface area contributed by atoms with Crippen molar-refractivity contribution in [3.63, 3.8) is 0 Å². The summed E-state index contributed by atoms with van der Waals surface area (Å²) < 4.78 is 0. The first-order valence-electron chi connectivity index (χ1n) is 7.15. The molecule has 0 fully saturated rings.